The van der Waals surface area contributed by atoms with Crippen molar-refractivity contribution in [1.82, 2.24) is 60.0 Å². The van der Waals surface area contributed by atoms with Crippen LogP contribution >= 0.6 is 21.6 Å². The first-order valence-corrected chi connectivity index (χ1v) is 13.1. The highest BCUT2D eigenvalue weighted by atomic mass is 33.1. The Labute approximate surface area is 221 Å². The van der Waals surface area contributed by atoms with E-state index in [1.54, 1.807) is 60.1 Å². The van der Waals surface area contributed by atoms with Crippen molar-refractivity contribution in [3.63, 3.8) is 0 Å². The highest BCUT2D eigenvalue weighted by Crippen LogP contribution is 2.45. The molecule has 0 unspecified atom stereocenters. The van der Waals surface area contributed by atoms with Crippen LogP contribution in [0, 0.1) is 11.6 Å². The summed E-state index contributed by atoms with van der Waals surface area (Å²) >= 11 is 0. The van der Waals surface area contributed by atoms with Gasteiger partial charge in [0, 0.05) is 0 Å². The van der Waals surface area contributed by atoms with Gasteiger partial charge in [-0.15, -0.1) is 20.4 Å². The second-order valence-electron chi connectivity index (χ2n) is 7.87. The molecular weight excluding hydrogens is 534 g/mol. The highest BCUT2D eigenvalue weighted by molar-refractivity contribution is 8.76. The van der Waals surface area contributed by atoms with Crippen LogP contribution in [0.25, 0.3) is 34.2 Å². The molecule has 0 saturated heterocycles. The van der Waals surface area contributed by atoms with Crippen molar-refractivity contribution in [3.05, 3.63) is 72.6 Å². The molecule has 0 amide bonds. The normalized spacial score (nSPS) is 11.4. The van der Waals surface area contributed by atoms with Gasteiger partial charge in [0.1, 0.15) is 21.7 Å². The van der Waals surface area contributed by atoms with Crippen LogP contribution in [0.3, 0.4) is 0 Å². The second-order valence-corrected chi connectivity index (χ2v) is 9.98. The van der Waals surface area contributed by atoms with Crippen LogP contribution in [0.5, 0.6) is 0 Å². The minimum absolute atomic E-state index is 0.357. The summed E-state index contributed by atoms with van der Waals surface area (Å²) in [5.41, 5.74) is 2.55. The summed E-state index contributed by atoms with van der Waals surface area (Å²) in [7, 11) is 6.06. The summed E-state index contributed by atoms with van der Waals surface area (Å²) < 4.78 is 30.6. The van der Waals surface area contributed by atoms with Crippen molar-refractivity contribution in [2.45, 2.75) is 10.1 Å². The first-order valence-electron chi connectivity index (χ1n) is 11.0. The molecule has 0 fully saturated rings. The molecule has 4 heterocycles. The van der Waals surface area contributed by atoms with Crippen molar-refractivity contribution in [1.29, 1.82) is 0 Å². The van der Waals surface area contributed by atoms with E-state index in [0.717, 1.165) is 0 Å². The molecule has 0 aliphatic heterocycles. The Balaban J connectivity index is 1.44. The van der Waals surface area contributed by atoms with E-state index in [4.69, 9.17) is 0 Å². The molecule has 0 bridgehead atoms. The maximum atomic E-state index is 13.6. The van der Waals surface area contributed by atoms with Crippen molar-refractivity contribution in [3.8, 4) is 34.2 Å². The largest absolute Gasteiger partial charge is 0.226 e. The Kier molecular flexibility index (Phi) is 6.16. The van der Waals surface area contributed by atoms with E-state index in [2.05, 4.69) is 41.0 Å². The summed E-state index contributed by atoms with van der Waals surface area (Å²) in [5.74, 6) is 0.0489. The van der Waals surface area contributed by atoms with Gasteiger partial charge in [-0.05, 0) is 80.5 Å². The Bertz CT molecular complexity index is 1590. The van der Waals surface area contributed by atoms with Crippen molar-refractivity contribution in [2.24, 2.45) is 14.1 Å². The van der Waals surface area contributed by atoms with Crippen LogP contribution in [0.4, 0.5) is 8.78 Å². The van der Waals surface area contributed by atoms with Crippen LogP contribution in [-0.4, -0.2) is 60.0 Å². The van der Waals surface area contributed by atoms with Crippen molar-refractivity contribution >= 4 is 21.6 Å². The molecule has 2 aromatic carbocycles. The van der Waals surface area contributed by atoms with E-state index < -0.39 is 0 Å². The average Bonchev–Trinajstić information content (AvgIpc) is 3.70. The SMILES string of the molecule is Cn1nnc(-c2cnn(-c3ccc(F)cc3)c2SSc2c(-c3nnn(C)n3)cnn2-c2ccc(F)cc2)n1. The van der Waals surface area contributed by atoms with Crippen LogP contribution in [-0.2, 0) is 14.1 Å². The third kappa shape index (κ3) is 4.54. The fourth-order valence-electron chi connectivity index (χ4n) is 3.54. The van der Waals surface area contributed by atoms with Gasteiger partial charge < -0.3 is 0 Å². The van der Waals surface area contributed by atoms with Crippen LogP contribution in [0.1, 0.15) is 0 Å². The monoisotopic (exact) mass is 550 g/mol. The van der Waals surface area contributed by atoms with Gasteiger partial charge in [-0.3, -0.25) is 0 Å². The number of benzene rings is 2. The van der Waals surface area contributed by atoms with Gasteiger partial charge in [0.2, 0.25) is 11.6 Å². The van der Waals surface area contributed by atoms with Crippen LogP contribution in [0.2, 0.25) is 0 Å². The molecule has 0 N–H and O–H groups in total. The average molecular weight is 551 g/mol. The summed E-state index contributed by atoms with van der Waals surface area (Å²) in [6, 6.07) is 12.0. The lowest BCUT2D eigenvalue weighted by Gasteiger charge is -2.10. The predicted octanol–water partition coefficient (Wildman–Crippen LogP) is 3.52. The first kappa shape index (κ1) is 23.9. The quantitative estimate of drug-likeness (QED) is 0.273. The van der Waals surface area contributed by atoms with Gasteiger partial charge in [0.25, 0.3) is 0 Å². The van der Waals surface area contributed by atoms with Gasteiger partial charge in [-0.25, -0.2) is 18.1 Å². The Hall–Kier alpha value is -4.44. The molecule has 0 aliphatic carbocycles. The molecule has 6 aromatic rings. The van der Waals surface area contributed by atoms with Gasteiger partial charge >= 0.3 is 0 Å². The van der Waals surface area contributed by atoms with Crippen LogP contribution in [0.15, 0.2) is 71.0 Å². The number of hydrogen-bond acceptors (Lipinski definition) is 10. The molecular formula is C22H16F2N12S2. The number of nitrogens with zero attached hydrogens (tertiary/aromatic N) is 12. The molecule has 0 aliphatic rings. The zero-order valence-electron chi connectivity index (χ0n) is 19.7. The highest BCUT2D eigenvalue weighted by Gasteiger charge is 2.23. The molecule has 4 aromatic heterocycles. The molecule has 190 valence electrons. The molecule has 0 spiro atoms. The summed E-state index contributed by atoms with van der Waals surface area (Å²) in [4.78, 5) is 2.71. The van der Waals surface area contributed by atoms with E-state index in [9.17, 15) is 8.78 Å². The minimum atomic E-state index is -0.357. The van der Waals surface area contributed by atoms with Gasteiger partial charge in [-0.1, -0.05) is 0 Å². The molecule has 0 atom stereocenters. The van der Waals surface area contributed by atoms with Crippen LogP contribution < -0.4 is 0 Å². The second kappa shape index (κ2) is 9.79. The van der Waals surface area contributed by atoms with Crippen molar-refractivity contribution in [2.75, 3.05) is 0 Å². The third-order valence-electron chi connectivity index (χ3n) is 5.29. The lowest BCUT2D eigenvalue weighted by Crippen LogP contribution is -2.00. The number of tetrazole rings is 2. The zero-order chi connectivity index (χ0) is 26.2. The molecule has 0 radical (unpaired) electrons. The number of aryl methyl sites for hydroxylation is 2. The number of rotatable bonds is 7. The third-order valence-corrected chi connectivity index (χ3v) is 7.67. The summed E-state index contributed by atoms with van der Waals surface area (Å²) in [5, 5.41) is 35.2. The summed E-state index contributed by atoms with van der Waals surface area (Å²) in [6.45, 7) is 0. The minimum Gasteiger partial charge on any atom is -0.226 e. The lowest BCUT2D eigenvalue weighted by atomic mass is 10.3. The van der Waals surface area contributed by atoms with E-state index in [1.165, 1.54) is 55.4 Å². The van der Waals surface area contributed by atoms with Gasteiger partial charge in [-0.2, -0.15) is 19.8 Å². The van der Waals surface area contributed by atoms with E-state index >= 15 is 0 Å². The Morgan fingerprint density at radius 2 is 1.00 bits per heavy atom. The number of hydrogen-bond donors (Lipinski definition) is 0. The van der Waals surface area contributed by atoms with E-state index in [-0.39, 0.29) is 11.6 Å². The summed E-state index contributed by atoms with van der Waals surface area (Å²) in [6.07, 6.45) is 3.26. The maximum Gasteiger partial charge on any atom is 0.209 e. The molecule has 12 nitrogen and oxygen atoms in total. The maximum absolute atomic E-state index is 13.6. The smallest absolute Gasteiger partial charge is 0.209 e. The van der Waals surface area contributed by atoms with Gasteiger partial charge in [0.05, 0.1) is 49.0 Å². The predicted molar refractivity (Wildman–Crippen MR) is 134 cm³/mol. The standard InChI is InChI=1S/C22H16F2N12S2/c1-33-29-19(27-31-33)17-11-25-35(15-7-3-13(23)4-8-15)21(17)37-38-22-18(20-28-32-34(2)30-20)12-26-36(22)16-9-5-14(24)6-10-16/h3-12H,1-2H3. The van der Waals surface area contributed by atoms with Gasteiger partial charge in [0.15, 0.2) is 0 Å². The Morgan fingerprint density at radius 3 is 1.34 bits per heavy atom. The Morgan fingerprint density at radius 1 is 0.605 bits per heavy atom. The molecule has 16 heteroatoms. The fraction of sp³-hybridized carbons (Fsp3) is 0.0909. The zero-order valence-corrected chi connectivity index (χ0v) is 21.3. The number of halogens is 2. The molecule has 38 heavy (non-hydrogen) atoms. The first-order chi connectivity index (χ1) is 18.5. The number of aromatic nitrogens is 12. The van der Waals surface area contributed by atoms with E-state index in [0.29, 0.717) is 44.2 Å². The topological polar surface area (TPSA) is 123 Å². The van der Waals surface area contributed by atoms with Crippen molar-refractivity contribution < 1.29 is 8.78 Å². The molecule has 0 saturated carbocycles. The molecule has 6 rings (SSSR count). The fourth-order valence-corrected chi connectivity index (χ4v) is 6.04. The van der Waals surface area contributed by atoms with E-state index in [1.807, 2.05) is 0 Å². The lowest BCUT2D eigenvalue weighted by molar-refractivity contribution is 0.626.